The van der Waals surface area contributed by atoms with Crippen molar-refractivity contribution >= 4 is 6.29 Å². The van der Waals surface area contributed by atoms with Gasteiger partial charge in [0.1, 0.15) is 5.75 Å². The van der Waals surface area contributed by atoms with Crippen LogP contribution < -0.4 is 4.74 Å². The molecule has 0 fully saturated rings. The van der Waals surface area contributed by atoms with Gasteiger partial charge in [0.25, 0.3) is 0 Å². The summed E-state index contributed by atoms with van der Waals surface area (Å²) in [5.41, 5.74) is 1.44. The van der Waals surface area contributed by atoms with E-state index >= 15 is 0 Å². The quantitative estimate of drug-likeness (QED) is 0.736. The second-order valence-electron chi connectivity index (χ2n) is 3.31. The summed E-state index contributed by atoms with van der Waals surface area (Å²) in [6.45, 7) is 0. The number of carbonyl (C=O) groups is 1. The molecule has 16 heavy (non-hydrogen) atoms. The summed E-state index contributed by atoms with van der Waals surface area (Å²) in [7, 11) is 1.61. The Hall–Kier alpha value is -2.10. The maximum atomic E-state index is 10.7. The van der Waals surface area contributed by atoms with Gasteiger partial charge in [-0.2, -0.15) is 0 Å². The minimum absolute atomic E-state index is 0.478. The normalized spacial score (nSPS) is 10.1. The van der Waals surface area contributed by atoms with Gasteiger partial charge in [-0.3, -0.25) is 4.79 Å². The smallest absolute Gasteiger partial charge is 0.155 e. The van der Waals surface area contributed by atoms with Crippen LogP contribution in [0.3, 0.4) is 0 Å². The maximum Gasteiger partial charge on any atom is 0.155 e. The lowest BCUT2D eigenvalue weighted by Gasteiger charge is -2.05. The van der Waals surface area contributed by atoms with Crippen LogP contribution in [0, 0.1) is 0 Å². The number of nitrogens with zero attached hydrogens (tertiary/aromatic N) is 1. The Labute approximate surface area is 92.8 Å². The Bertz CT molecular complexity index is 491. The maximum absolute atomic E-state index is 10.7. The first-order valence-electron chi connectivity index (χ1n) is 4.85. The monoisotopic (exact) mass is 217 g/mol. The lowest BCUT2D eigenvalue weighted by atomic mass is 10.1. The molecule has 0 radical (unpaired) electrons. The van der Waals surface area contributed by atoms with Gasteiger partial charge >= 0.3 is 0 Å². The summed E-state index contributed by atoms with van der Waals surface area (Å²) in [6, 6.07) is 7.60. The summed E-state index contributed by atoms with van der Waals surface area (Å²) in [4.78, 5) is 10.7. The molecular formula is C12H11NO3. The van der Waals surface area contributed by atoms with Crippen molar-refractivity contribution in [3.05, 3.63) is 47.3 Å². The van der Waals surface area contributed by atoms with Crippen LogP contribution in [-0.2, 0) is 6.42 Å². The van der Waals surface area contributed by atoms with Crippen LogP contribution in [0.2, 0.25) is 0 Å². The van der Waals surface area contributed by atoms with E-state index in [-0.39, 0.29) is 0 Å². The van der Waals surface area contributed by atoms with Crippen LogP contribution >= 0.6 is 0 Å². The van der Waals surface area contributed by atoms with E-state index in [4.69, 9.17) is 9.26 Å². The Balaban J connectivity index is 2.30. The zero-order valence-electron chi connectivity index (χ0n) is 8.84. The highest BCUT2D eigenvalue weighted by molar-refractivity contribution is 5.75. The number of benzene rings is 1. The largest absolute Gasteiger partial charge is 0.496 e. The van der Waals surface area contributed by atoms with E-state index in [0.717, 1.165) is 17.6 Å². The molecule has 0 aliphatic rings. The highest BCUT2D eigenvalue weighted by Gasteiger charge is 2.10. The first-order valence-corrected chi connectivity index (χ1v) is 4.85. The average Bonchev–Trinajstić information content (AvgIpc) is 2.77. The summed E-state index contributed by atoms with van der Waals surface area (Å²) < 4.78 is 10.2. The molecule has 1 heterocycles. The third-order valence-corrected chi connectivity index (χ3v) is 2.35. The predicted octanol–water partition coefficient (Wildman–Crippen LogP) is 2.09. The van der Waals surface area contributed by atoms with Gasteiger partial charge in [0.2, 0.25) is 0 Å². The second-order valence-corrected chi connectivity index (χ2v) is 3.31. The van der Waals surface area contributed by atoms with Gasteiger partial charge in [-0.1, -0.05) is 23.4 Å². The van der Waals surface area contributed by atoms with Crippen molar-refractivity contribution in [3.8, 4) is 5.75 Å². The van der Waals surface area contributed by atoms with E-state index in [9.17, 15) is 4.79 Å². The van der Waals surface area contributed by atoms with Crippen molar-refractivity contribution in [3.63, 3.8) is 0 Å². The summed E-state index contributed by atoms with van der Waals surface area (Å²) in [5.74, 6) is 1.33. The molecular weight excluding hydrogens is 206 g/mol. The molecule has 0 N–H and O–H groups in total. The van der Waals surface area contributed by atoms with Crippen molar-refractivity contribution in [2.24, 2.45) is 0 Å². The molecule has 1 aromatic carbocycles. The van der Waals surface area contributed by atoms with E-state index in [1.807, 2.05) is 24.3 Å². The predicted molar refractivity (Wildman–Crippen MR) is 57.7 cm³/mol. The van der Waals surface area contributed by atoms with Crippen LogP contribution in [0.1, 0.15) is 21.7 Å². The molecule has 0 atom stereocenters. The van der Waals surface area contributed by atoms with E-state index in [1.165, 1.54) is 6.20 Å². The first-order chi connectivity index (χ1) is 7.85. The fraction of sp³-hybridized carbons (Fsp3) is 0.167. The fourth-order valence-corrected chi connectivity index (χ4v) is 1.52. The minimum atomic E-state index is 0.478. The third kappa shape index (κ3) is 1.95. The lowest BCUT2D eigenvalue weighted by Crippen LogP contribution is -1.94. The molecule has 4 nitrogen and oxygen atoms in total. The highest BCUT2D eigenvalue weighted by atomic mass is 16.5. The number of aromatic nitrogens is 1. The molecule has 0 unspecified atom stereocenters. The third-order valence-electron chi connectivity index (χ3n) is 2.35. The Morgan fingerprint density at radius 3 is 3.00 bits per heavy atom. The first kappa shape index (κ1) is 10.4. The summed E-state index contributed by atoms with van der Waals surface area (Å²) >= 11 is 0. The van der Waals surface area contributed by atoms with Gasteiger partial charge in [-0.25, -0.2) is 0 Å². The zero-order valence-corrected chi connectivity index (χ0v) is 8.84. The van der Waals surface area contributed by atoms with Crippen LogP contribution in [0.4, 0.5) is 0 Å². The number of hydrogen-bond acceptors (Lipinski definition) is 4. The van der Waals surface area contributed by atoms with E-state index in [2.05, 4.69) is 5.16 Å². The molecule has 2 aromatic rings. The Kier molecular flexibility index (Phi) is 3.00. The average molecular weight is 217 g/mol. The molecule has 0 aliphatic heterocycles. The molecule has 0 bridgehead atoms. The molecule has 0 amide bonds. The Morgan fingerprint density at radius 2 is 2.25 bits per heavy atom. The van der Waals surface area contributed by atoms with Crippen LogP contribution in [0.5, 0.6) is 5.75 Å². The number of para-hydroxylation sites is 1. The molecule has 0 saturated carbocycles. The Morgan fingerprint density at radius 1 is 1.44 bits per heavy atom. The van der Waals surface area contributed by atoms with Gasteiger partial charge in [0, 0.05) is 12.0 Å². The van der Waals surface area contributed by atoms with E-state index in [1.54, 1.807) is 7.11 Å². The fourth-order valence-electron chi connectivity index (χ4n) is 1.52. The number of ether oxygens (including phenoxy) is 1. The molecule has 0 saturated heterocycles. The van der Waals surface area contributed by atoms with Crippen molar-refractivity contribution in [2.45, 2.75) is 6.42 Å². The lowest BCUT2D eigenvalue weighted by molar-refractivity contribution is 0.112. The number of hydrogen-bond donors (Lipinski definition) is 0. The highest BCUT2D eigenvalue weighted by Crippen LogP contribution is 2.21. The van der Waals surface area contributed by atoms with Crippen molar-refractivity contribution in [2.75, 3.05) is 7.11 Å². The number of methoxy groups -OCH3 is 1. The van der Waals surface area contributed by atoms with Crippen LogP contribution in [0.15, 0.2) is 35.0 Å². The number of aldehydes is 1. The molecule has 0 spiro atoms. The molecule has 0 aliphatic carbocycles. The number of rotatable bonds is 4. The van der Waals surface area contributed by atoms with E-state index < -0.39 is 0 Å². The van der Waals surface area contributed by atoms with Crippen LogP contribution in [-0.4, -0.2) is 18.6 Å². The second kappa shape index (κ2) is 4.61. The van der Waals surface area contributed by atoms with Gasteiger partial charge in [0.05, 0.1) is 18.9 Å². The molecule has 2 rings (SSSR count). The van der Waals surface area contributed by atoms with Crippen molar-refractivity contribution < 1.29 is 14.1 Å². The van der Waals surface area contributed by atoms with E-state index in [0.29, 0.717) is 17.7 Å². The minimum Gasteiger partial charge on any atom is -0.496 e. The van der Waals surface area contributed by atoms with Gasteiger partial charge in [0.15, 0.2) is 12.0 Å². The standard InChI is InChI=1S/C12H11NO3/c1-15-11-5-3-2-4-9(11)6-12-10(8-14)7-13-16-12/h2-5,7-8H,6H2,1H3. The molecule has 1 aromatic heterocycles. The van der Waals surface area contributed by atoms with Crippen molar-refractivity contribution in [1.82, 2.24) is 5.16 Å². The summed E-state index contributed by atoms with van der Waals surface area (Å²) in [5, 5.41) is 3.60. The number of carbonyl (C=O) groups excluding carboxylic acids is 1. The SMILES string of the molecule is COc1ccccc1Cc1oncc1C=O. The topological polar surface area (TPSA) is 52.3 Å². The van der Waals surface area contributed by atoms with Crippen molar-refractivity contribution in [1.29, 1.82) is 0 Å². The zero-order chi connectivity index (χ0) is 11.4. The van der Waals surface area contributed by atoms with Gasteiger partial charge in [-0.15, -0.1) is 0 Å². The summed E-state index contributed by atoms with van der Waals surface area (Å²) in [6.07, 6.45) is 2.65. The van der Waals surface area contributed by atoms with Gasteiger partial charge < -0.3 is 9.26 Å². The van der Waals surface area contributed by atoms with Crippen LogP contribution in [0.25, 0.3) is 0 Å². The van der Waals surface area contributed by atoms with Gasteiger partial charge in [-0.05, 0) is 6.07 Å². The molecule has 4 heteroatoms. The molecule has 82 valence electrons.